The van der Waals surface area contributed by atoms with E-state index in [1.807, 2.05) is 63.2 Å². The monoisotopic (exact) mass is 296 g/mol. The number of benzene rings is 2. The van der Waals surface area contributed by atoms with Crippen LogP contribution in [-0.4, -0.2) is 18.7 Å². The lowest BCUT2D eigenvalue weighted by Crippen LogP contribution is -2.18. The first-order valence-corrected chi connectivity index (χ1v) is 7.15. The zero-order chi connectivity index (χ0) is 15.9. The first kappa shape index (κ1) is 15.8. The largest absolute Gasteiger partial charge is 0.386 e. The lowest BCUT2D eigenvalue weighted by molar-refractivity contribution is -0.120. The van der Waals surface area contributed by atoms with Gasteiger partial charge in [-0.25, -0.2) is 0 Å². The van der Waals surface area contributed by atoms with Crippen LogP contribution in [0.15, 0.2) is 47.6 Å². The van der Waals surface area contributed by atoms with Crippen LogP contribution in [0.2, 0.25) is 0 Å². The van der Waals surface area contributed by atoms with Crippen LogP contribution >= 0.6 is 0 Å². The van der Waals surface area contributed by atoms with Crippen LogP contribution in [0.3, 0.4) is 0 Å². The van der Waals surface area contributed by atoms with Crippen molar-refractivity contribution in [1.82, 2.24) is 0 Å². The van der Waals surface area contributed by atoms with E-state index in [2.05, 4.69) is 10.5 Å². The van der Waals surface area contributed by atoms with Crippen molar-refractivity contribution in [2.75, 3.05) is 11.9 Å². The molecule has 114 valence electrons. The summed E-state index contributed by atoms with van der Waals surface area (Å²) in [5, 5.41) is 6.69. The van der Waals surface area contributed by atoms with Gasteiger partial charge >= 0.3 is 0 Å². The minimum Gasteiger partial charge on any atom is -0.386 e. The van der Waals surface area contributed by atoms with Gasteiger partial charge in [-0.3, -0.25) is 4.79 Å². The number of aryl methyl sites for hydroxylation is 3. The molecule has 2 aromatic rings. The third kappa shape index (κ3) is 4.19. The molecule has 2 rings (SSSR count). The summed E-state index contributed by atoms with van der Waals surface area (Å²) in [5.74, 6) is -0.223. The highest BCUT2D eigenvalue weighted by molar-refractivity contribution is 5.93. The summed E-state index contributed by atoms with van der Waals surface area (Å²) in [6.45, 7) is 5.80. The fraction of sp³-hybridized carbons (Fsp3) is 0.222. The summed E-state index contributed by atoms with van der Waals surface area (Å²) < 4.78 is 0. The van der Waals surface area contributed by atoms with Crippen molar-refractivity contribution in [2.24, 2.45) is 5.16 Å². The first-order chi connectivity index (χ1) is 10.6. The van der Waals surface area contributed by atoms with Crippen LogP contribution in [0.4, 0.5) is 5.69 Å². The summed E-state index contributed by atoms with van der Waals surface area (Å²) in [7, 11) is 0. The van der Waals surface area contributed by atoms with E-state index in [1.54, 1.807) is 6.21 Å². The fourth-order valence-electron chi connectivity index (χ4n) is 2.11. The third-order valence-electron chi connectivity index (χ3n) is 3.40. The molecule has 4 heteroatoms. The maximum atomic E-state index is 11.9. The SMILES string of the molecule is Cc1ccccc1/C=N\OCC(=O)Nc1c(C)cccc1C. The summed E-state index contributed by atoms with van der Waals surface area (Å²) in [4.78, 5) is 16.9. The van der Waals surface area contributed by atoms with Gasteiger partial charge in [0.15, 0.2) is 6.61 Å². The standard InChI is InChI=1S/C18H20N2O2/c1-13-7-4-5-10-16(13)11-19-22-12-17(21)20-18-14(2)8-6-9-15(18)3/h4-11H,12H2,1-3H3,(H,20,21)/b19-11-. The number of oxime groups is 1. The Bertz CT molecular complexity index is 673. The maximum absolute atomic E-state index is 11.9. The maximum Gasteiger partial charge on any atom is 0.265 e. The minimum absolute atomic E-state index is 0.115. The molecule has 0 unspecified atom stereocenters. The lowest BCUT2D eigenvalue weighted by atomic mass is 10.1. The van der Waals surface area contributed by atoms with Gasteiger partial charge < -0.3 is 10.2 Å². The Morgan fingerprint density at radius 3 is 2.36 bits per heavy atom. The Balaban J connectivity index is 1.87. The molecular formula is C18H20N2O2. The van der Waals surface area contributed by atoms with Gasteiger partial charge in [0.25, 0.3) is 5.91 Å². The zero-order valence-corrected chi connectivity index (χ0v) is 13.1. The van der Waals surface area contributed by atoms with Gasteiger partial charge in [0.05, 0.1) is 6.21 Å². The molecule has 2 aromatic carbocycles. The number of carbonyl (C=O) groups excluding carboxylic acids is 1. The molecule has 0 aliphatic heterocycles. The predicted molar refractivity (Wildman–Crippen MR) is 89.3 cm³/mol. The molecule has 0 atom stereocenters. The number of rotatable bonds is 5. The number of para-hydroxylation sites is 1. The van der Waals surface area contributed by atoms with E-state index in [4.69, 9.17) is 4.84 Å². The number of nitrogens with one attached hydrogen (secondary N) is 1. The number of hydrogen-bond acceptors (Lipinski definition) is 3. The normalized spacial score (nSPS) is 10.7. The predicted octanol–water partition coefficient (Wildman–Crippen LogP) is 3.60. The molecule has 4 nitrogen and oxygen atoms in total. The van der Waals surface area contributed by atoms with Crippen molar-refractivity contribution in [1.29, 1.82) is 0 Å². The van der Waals surface area contributed by atoms with E-state index in [-0.39, 0.29) is 12.5 Å². The molecule has 0 bridgehead atoms. The van der Waals surface area contributed by atoms with E-state index in [9.17, 15) is 4.79 Å². The van der Waals surface area contributed by atoms with Crippen molar-refractivity contribution in [3.63, 3.8) is 0 Å². The molecule has 0 fully saturated rings. The zero-order valence-electron chi connectivity index (χ0n) is 13.1. The molecule has 0 saturated carbocycles. The van der Waals surface area contributed by atoms with Gasteiger partial charge in [0, 0.05) is 5.69 Å². The fourth-order valence-corrected chi connectivity index (χ4v) is 2.11. The second-order valence-electron chi connectivity index (χ2n) is 5.18. The molecule has 0 aliphatic rings. The summed E-state index contributed by atoms with van der Waals surface area (Å²) >= 11 is 0. The second kappa shape index (κ2) is 7.41. The average Bonchev–Trinajstić information content (AvgIpc) is 2.49. The van der Waals surface area contributed by atoms with E-state index < -0.39 is 0 Å². The molecule has 0 radical (unpaired) electrons. The third-order valence-corrected chi connectivity index (χ3v) is 3.40. The van der Waals surface area contributed by atoms with Gasteiger partial charge in [-0.15, -0.1) is 0 Å². The minimum atomic E-state index is -0.223. The van der Waals surface area contributed by atoms with Crippen LogP contribution in [0, 0.1) is 20.8 Å². The van der Waals surface area contributed by atoms with Gasteiger partial charge in [-0.2, -0.15) is 0 Å². The number of anilines is 1. The highest BCUT2D eigenvalue weighted by atomic mass is 16.6. The Kier molecular flexibility index (Phi) is 5.31. The van der Waals surface area contributed by atoms with E-state index in [0.29, 0.717) is 0 Å². The van der Waals surface area contributed by atoms with Crippen molar-refractivity contribution >= 4 is 17.8 Å². The van der Waals surface area contributed by atoms with E-state index in [0.717, 1.165) is 27.9 Å². The molecular weight excluding hydrogens is 276 g/mol. The number of nitrogens with zero attached hydrogens (tertiary/aromatic N) is 1. The van der Waals surface area contributed by atoms with Gasteiger partial charge in [0.1, 0.15) is 0 Å². The second-order valence-corrected chi connectivity index (χ2v) is 5.18. The Morgan fingerprint density at radius 2 is 1.68 bits per heavy atom. The van der Waals surface area contributed by atoms with Gasteiger partial charge in [-0.05, 0) is 43.0 Å². The molecule has 1 N–H and O–H groups in total. The average molecular weight is 296 g/mol. The number of amides is 1. The summed E-state index contributed by atoms with van der Waals surface area (Å²) in [6.07, 6.45) is 1.61. The van der Waals surface area contributed by atoms with Crippen molar-refractivity contribution < 1.29 is 9.63 Å². The summed E-state index contributed by atoms with van der Waals surface area (Å²) in [6, 6.07) is 13.7. The van der Waals surface area contributed by atoms with Crippen molar-refractivity contribution in [3.05, 3.63) is 64.7 Å². The Hall–Kier alpha value is -2.62. The van der Waals surface area contributed by atoms with Crippen LogP contribution < -0.4 is 5.32 Å². The molecule has 0 heterocycles. The van der Waals surface area contributed by atoms with Crippen LogP contribution in [0.25, 0.3) is 0 Å². The highest BCUT2D eigenvalue weighted by Gasteiger charge is 2.07. The highest BCUT2D eigenvalue weighted by Crippen LogP contribution is 2.19. The number of carbonyl (C=O) groups is 1. The Morgan fingerprint density at radius 1 is 1.05 bits per heavy atom. The van der Waals surface area contributed by atoms with Gasteiger partial charge in [-0.1, -0.05) is 47.6 Å². The summed E-state index contributed by atoms with van der Waals surface area (Å²) in [5.41, 5.74) is 4.96. The van der Waals surface area contributed by atoms with E-state index >= 15 is 0 Å². The first-order valence-electron chi connectivity index (χ1n) is 7.15. The Labute approximate surface area is 130 Å². The smallest absolute Gasteiger partial charge is 0.265 e. The molecule has 0 aromatic heterocycles. The van der Waals surface area contributed by atoms with E-state index in [1.165, 1.54) is 0 Å². The van der Waals surface area contributed by atoms with Crippen LogP contribution in [0.5, 0.6) is 0 Å². The lowest BCUT2D eigenvalue weighted by Gasteiger charge is -2.10. The number of hydrogen-bond donors (Lipinski definition) is 1. The van der Waals surface area contributed by atoms with Gasteiger partial charge in [0.2, 0.25) is 0 Å². The molecule has 0 aliphatic carbocycles. The van der Waals surface area contributed by atoms with Crippen LogP contribution in [0.1, 0.15) is 22.3 Å². The van der Waals surface area contributed by atoms with Crippen molar-refractivity contribution in [2.45, 2.75) is 20.8 Å². The topological polar surface area (TPSA) is 50.7 Å². The molecule has 0 saturated heterocycles. The van der Waals surface area contributed by atoms with Crippen LogP contribution in [-0.2, 0) is 9.63 Å². The molecule has 1 amide bonds. The quantitative estimate of drug-likeness (QED) is 0.677. The molecule has 0 spiro atoms. The molecule has 22 heavy (non-hydrogen) atoms. The van der Waals surface area contributed by atoms with Crippen molar-refractivity contribution in [3.8, 4) is 0 Å².